The number of rotatable bonds is 5. The molecule has 0 fully saturated rings. The van der Waals surface area contributed by atoms with Crippen LogP contribution in [0.4, 0.5) is 0 Å². The van der Waals surface area contributed by atoms with Crippen LogP contribution in [-0.2, 0) is 18.4 Å². The number of carbonyl (C=O) groups excluding carboxylic acids is 1. The first-order valence-corrected chi connectivity index (χ1v) is 5.51. The largest absolute Gasteiger partial charge is 0.349 e. The van der Waals surface area contributed by atoms with E-state index in [0.717, 1.165) is 5.69 Å². The molecule has 3 N–H and O–H groups in total. The summed E-state index contributed by atoms with van der Waals surface area (Å²) in [6.45, 7) is 4.57. The molecule has 0 radical (unpaired) electrons. The van der Waals surface area contributed by atoms with Gasteiger partial charge < -0.3 is 11.1 Å². The quantitative estimate of drug-likeness (QED) is 0.761. The standard InChI is InChI=1S/C11H20N4O/c1-8(2)6-10(12)11(16)13-7-9-4-5-14-15(9)3/h4-5,8,10H,6-7,12H2,1-3H3,(H,13,16)/t10-/m1/s1. The predicted octanol–water partition coefficient (Wildman–Crippen LogP) is 0.410. The van der Waals surface area contributed by atoms with Gasteiger partial charge in [0.1, 0.15) is 0 Å². The van der Waals surface area contributed by atoms with Crippen LogP contribution in [0, 0.1) is 5.92 Å². The van der Waals surface area contributed by atoms with Crippen LogP contribution in [-0.4, -0.2) is 21.7 Å². The predicted molar refractivity (Wildman–Crippen MR) is 62.5 cm³/mol. The number of aryl methyl sites for hydroxylation is 1. The van der Waals surface area contributed by atoms with E-state index >= 15 is 0 Å². The molecule has 0 aliphatic carbocycles. The summed E-state index contributed by atoms with van der Waals surface area (Å²) in [6.07, 6.45) is 2.41. The Morgan fingerprint density at radius 1 is 1.62 bits per heavy atom. The first-order chi connectivity index (χ1) is 7.50. The van der Waals surface area contributed by atoms with E-state index in [0.29, 0.717) is 18.9 Å². The molecule has 1 aromatic heterocycles. The van der Waals surface area contributed by atoms with E-state index in [1.54, 1.807) is 10.9 Å². The van der Waals surface area contributed by atoms with Crippen molar-refractivity contribution in [3.8, 4) is 0 Å². The molecule has 0 unspecified atom stereocenters. The van der Waals surface area contributed by atoms with Crippen LogP contribution in [0.5, 0.6) is 0 Å². The maximum absolute atomic E-state index is 11.6. The van der Waals surface area contributed by atoms with E-state index in [9.17, 15) is 4.79 Å². The van der Waals surface area contributed by atoms with Crippen molar-refractivity contribution in [1.82, 2.24) is 15.1 Å². The van der Waals surface area contributed by atoms with E-state index in [-0.39, 0.29) is 5.91 Å². The van der Waals surface area contributed by atoms with Crippen LogP contribution in [0.2, 0.25) is 0 Å². The molecule has 1 heterocycles. The Morgan fingerprint density at radius 3 is 2.81 bits per heavy atom. The Hall–Kier alpha value is -1.36. The average Bonchev–Trinajstić information content (AvgIpc) is 2.59. The van der Waals surface area contributed by atoms with E-state index in [2.05, 4.69) is 10.4 Å². The molecule has 0 aliphatic heterocycles. The van der Waals surface area contributed by atoms with Crippen LogP contribution < -0.4 is 11.1 Å². The van der Waals surface area contributed by atoms with Crippen molar-refractivity contribution >= 4 is 5.91 Å². The van der Waals surface area contributed by atoms with Gasteiger partial charge in [0.2, 0.25) is 5.91 Å². The molecule has 90 valence electrons. The van der Waals surface area contributed by atoms with Gasteiger partial charge in [-0.2, -0.15) is 5.10 Å². The molecule has 1 rings (SSSR count). The Kier molecular flexibility index (Phi) is 4.49. The third kappa shape index (κ3) is 3.66. The maximum Gasteiger partial charge on any atom is 0.237 e. The Morgan fingerprint density at radius 2 is 2.31 bits per heavy atom. The van der Waals surface area contributed by atoms with E-state index in [1.807, 2.05) is 27.0 Å². The second kappa shape index (κ2) is 5.65. The minimum absolute atomic E-state index is 0.102. The van der Waals surface area contributed by atoms with Gasteiger partial charge in [-0.1, -0.05) is 13.8 Å². The van der Waals surface area contributed by atoms with Crippen molar-refractivity contribution in [2.45, 2.75) is 32.9 Å². The van der Waals surface area contributed by atoms with Crippen LogP contribution in [0.3, 0.4) is 0 Å². The van der Waals surface area contributed by atoms with Crippen LogP contribution in [0.15, 0.2) is 12.3 Å². The topological polar surface area (TPSA) is 72.9 Å². The zero-order valence-corrected chi connectivity index (χ0v) is 10.1. The van der Waals surface area contributed by atoms with Gasteiger partial charge in [-0.05, 0) is 18.4 Å². The highest BCUT2D eigenvalue weighted by Gasteiger charge is 2.14. The number of carbonyl (C=O) groups is 1. The smallest absolute Gasteiger partial charge is 0.237 e. The number of aromatic nitrogens is 2. The summed E-state index contributed by atoms with van der Waals surface area (Å²) in [5.41, 5.74) is 6.72. The van der Waals surface area contributed by atoms with Gasteiger partial charge in [0, 0.05) is 13.2 Å². The van der Waals surface area contributed by atoms with Crippen LogP contribution in [0.1, 0.15) is 26.0 Å². The van der Waals surface area contributed by atoms with Crippen molar-refractivity contribution < 1.29 is 4.79 Å². The van der Waals surface area contributed by atoms with Gasteiger partial charge in [0.15, 0.2) is 0 Å². The zero-order valence-electron chi connectivity index (χ0n) is 10.1. The van der Waals surface area contributed by atoms with Crippen molar-refractivity contribution in [3.05, 3.63) is 18.0 Å². The van der Waals surface area contributed by atoms with E-state index in [1.165, 1.54) is 0 Å². The van der Waals surface area contributed by atoms with Crippen molar-refractivity contribution in [1.29, 1.82) is 0 Å². The third-order valence-electron chi connectivity index (χ3n) is 2.43. The molecule has 0 aliphatic rings. The summed E-state index contributed by atoms with van der Waals surface area (Å²) in [5, 5.41) is 6.83. The van der Waals surface area contributed by atoms with Gasteiger partial charge in [0.05, 0.1) is 18.3 Å². The highest BCUT2D eigenvalue weighted by Crippen LogP contribution is 2.03. The summed E-state index contributed by atoms with van der Waals surface area (Å²) in [4.78, 5) is 11.6. The fourth-order valence-corrected chi connectivity index (χ4v) is 1.50. The molecule has 0 bridgehead atoms. The lowest BCUT2D eigenvalue weighted by Crippen LogP contribution is -2.41. The monoisotopic (exact) mass is 224 g/mol. The molecule has 0 aromatic carbocycles. The maximum atomic E-state index is 11.6. The fraction of sp³-hybridized carbons (Fsp3) is 0.636. The van der Waals surface area contributed by atoms with Gasteiger partial charge in [-0.25, -0.2) is 0 Å². The number of hydrogen-bond acceptors (Lipinski definition) is 3. The molecule has 1 atom stereocenters. The van der Waals surface area contributed by atoms with Gasteiger partial charge in [0.25, 0.3) is 0 Å². The summed E-state index contributed by atoms with van der Waals surface area (Å²) in [5.74, 6) is 0.326. The lowest BCUT2D eigenvalue weighted by Gasteiger charge is -2.14. The minimum atomic E-state index is -0.423. The summed E-state index contributed by atoms with van der Waals surface area (Å²) in [6, 6.07) is 1.45. The van der Waals surface area contributed by atoms with E-state index in [4.69, 9.17) is 5.73 Å². The van der Waals surface area contributed by atoms with Gasteiger partial charge >= 0.3 is 0 Å². The number of nitrogens with two attached hydrogens (primary N) is 1. The number of hydrogen-bond donors (Lipinski definition) is 2. The minimum Gasteiger partial charge on any atom is -0.349 e. The van der Waals surface area contributed by atoms with Crippen LogP contribution >= 0.6 is 0 Å². The Labute approximate surface area is 96.0 Å². The van der Waals surface area contributed by atoms with Crippen molar-refractivity contribution in [2.24, 2.45) is 18.7 Å². The lowest BCUT2D eigenvalue weighted by molar-refractivity contribution is -0.122. The number of nitrogens with one attached hydrogen (secondary N) is 1. The molecule has 0 spiro atoms. The number of nitrogens with zero attached hydrogens (tertiary/aromatic N) is 2. The first kappa shape index (κ1) is 12.7. The average molecular weight is 224 g/mol. The highest BCUT2D eigenvalue weighted by molar-refractivity contribution is 5.81. The molecular formula is C11H20N4O. The van der Waals surface area contributed by atoms with Crippen molar-refractivity contribution in [2.75, 3.05) is 0 Å². The normalized spacial score (nSPS) is 12.8. The molecule has 1 amide bonds. The Bertz CT molecular complexity index is 346. The molecule has 0 saturated heterocycles. The highest BCUT2D eigenvalue weighted by atomic mass is 16.2. The molecular weight excluding hydrogens is 204 g/mol. The first-order valence-electron chi connectivity index (χ1n) is 5.51. The second-order valence-corrected chi connectivity index (χ2v) is 4.40. The lowest BCUT2D eigenvalue weighted by atomic mass is 10.0. The molecule has 0 saturated carbocycles. The molecule has 1 aromatic rings. The van der Waals surface area contributed by atoms with E-state index < -0.39 is 6.04 Å². The van der Waals surface area contributed by atoms with Crippen LogP contribution in [0.25, 0.3) is 0 Å². The SMILES string of the molecule is CC(C)C[C@@H](N)C(=O)NCc1ccnn1C. The second-order valence-electron chi connectivity index (χ2n) is 4.40. The van der Waals surface area contributed by atoms with Gasteiger partial charge in [-0.15, -0.1) is 0 Å². The zero-order chi connectivity index (χ0) is 12.1. The Balaban J connectivity index is 2.38. The molecule has 16 heavy (non-hydrogen) atoms. The van der Waals surface area contributed by atoms with Gasteiger partial charge in [-0.3, -0.25) is 9.48 Å². The number of amides is 1. The summed E-state index contributed by atoms with van der Waals surface area (Å²) in [7, 11) is 1.84. The summed E-state index contributed by atoms with van der Waals surface area (Å²) < 4.78 is 1.73. The third-order valence-corrected chi connectivity index (χ3v) is 2.43. The fourth-order valence-electron chi connectivity index (χ4n) is 1.50. The van der Waals surface area contributed by atoms with Crippen molar-refractivity contribution in [3.63, 3.8) is 0 Å². The molecule has 5 nitrogen and oxygen atoms in total. The summed E-state index contributed by atoms with van der Waals surface area (Å²) >= 11 is 0. The molecule has 5 heteroatoms.